The zero-order valence-corrected chi connectivity index (χ0v) is 16.2. The van der Waals surface area contributed by atoms with Gasteiger partial charge in [0.25, 0.3) is 0 Å². The van der Waals surface area contributed by atoms with Crippen LogP contribution in [0, 0.1) is 5.82 Å². The van der Waals surface area contributed by atoms with Crippen LogP contribution >= 0.6 is 11.3 Å². The zero-order chi connectivity index (χ0) is 20.1. The molecule has 0 saturated carbocycles. The number of halogens is 1. The van der Waals surface area contributed by atoms with Crippen LogP contribution in [0.15, 0.2) is 65.7 Å². The van der Waals surface area contributed by atoms with Crippen LogP contribution in [0.1, 0.15) is 0 Å². The number of nitrogens with zero attached hydrogens (tertiary/aromatic N) is 4. The Hall–Kier alpha value is -3.91. The van der Waals surface area contributed by atoms with Crippen molar-refractivity contribution in [3.63, 3.8) is 0 Å². The summed E-state index contributed by atoms with van der Waals surface area (Å²) in [4.78, 5) is 16.7. The second-order valence-corrected chi connectivity index (χ2v) is 7.63. The number of aromatic amines is 2. The van der Waals surface area contributed by atoms with Gasteiger partial charge in [-0.2, -0.15) is 16.4 Å². The molecular weight excluding hydrogens is 399 g/mol. The summed E-state index contributed by atoms with van der Waals surface area (Å²) in [5.74, 6) is 0.185. The van der Waals surface area contributed by atoms with E-state index in [0.717, 1.165) is 33.4 Å². The van der Waals surface area contributed by atoms with Gasteiger partial charge in [-0.3, -0.25) is 15.1 Å². The average Bonchev–Trinajstić information content (AvgIpc) is 3.52. The highest BCUT2D eigenvalue weighted by atomic mass is 32.1. The lowest BCUT2D eigenvalue weighted by atomic mass is 10.0. The van der Waals surface area contributed by atoms with Gasteiger partial charge < -0.3 is 4.98 Å². The number of aromatic nitrogens is 6. The molecule has 144 valence electrons. The Morgan fingerprint density at radius 2 is 1.93 bits per heavy atom. The summed E-state index contributed by atoms with van der Waals surface area (Å²) >= 11 is 1.61. The number of H-pyrrole nitrogens is 2. The lowest BCUT2D eigenvalue weighted by molar-refractivity contribution is 0.636. The van der Waals surface area contributed by atoms with Crippen LogP contribution in [0.4, 0.5) is 4.39 Å². The van der Waals surface area contributed by atoms with Crippen LogP contribution in [0.3, 0.4) is 0 Å². The number of hydrogen-bond acceptors (Lipinski definition) is 5. The first-order chi connectivity index (χ1) is 14.8. The van der Waals surface area contributed by atoms with Gasteiger partial charge in [-0.1, -0.05) is 6.07 Å². The summed E-state index contributed by atoms with van der Waals surface area (Å²) in [6.45, 7) is 0. The van der Waals surface area contributed by atoms with Gasteiger partial charge in [-0.15, -0.1) is 0 Å². The Balaban J connectivity index is 1.56. The zero-order valence-electron chi connectivity index (χ0n) is 15.4. The maximum absolute atomic E-state index is 14.8. The van der Waals surface area contributed by atoms with E-state index in [1.165, 1.54) is 6.07 Å². The van der Waals surface area contributed by atoms with Gasteiger partial charge >= 0.3 is 0 Å². The lowest BCUT2D eigenvalue weighted by Crippen LogP contribution is -1.85. The second kappa shape index (κ2) is 6.57. The number of benzene rings is 1. The van der Waals surface area contributed by atoms with E-state index in [1.54, 1.807) is 29.9 Å². The first kappa shape index (κ1) is 17.0. The van der Waals surface area contributed by atoms with E-state index < -0.39 is 5.82 Å². The van der Waals surface area contributed by atoms with Crippen molar-refractivity contribution < 1.29 is 4.39 Å². The molecule has 0 fully saturated rings. The third kappa shape index (κ3) is 2.61. The smallest absolute Gasteiger partial charge is 0.157 e. The maximum atomic E-state index is 14.8. The molecule has 0 aliphatic carbocycles. The van der Waals surface area contributed by atoms with Crippen molar-refractivity contribution in [3.8, 4) is 33.9 Å². The quantitative estimate of drug-likeness (QED) is 0.406. The summed E-state index contributed by atoms with van der Waals surface area (Å²) in [5, 5.41) is 11.8. The predicted octanol–water partition coefficient (Wildman–Crippen LogP) is 5.43. The summed E-state index contributed by atoms with van der Waals surface area (Å²) in [6.07, 6.45) is 5.15. The van der Waals surface area contributed by atoms with Crippen LogP contribution in [-0.4, -0.2) is 30.1 Å². The van der Waals surface area contributed by atoms with Crippen molar-refractivity contribution in [3.05, 3.63) is 71.6 Å². The third-order valence-corrected chi connectivity index (χ3v) is 5.72. The second-order valence-electron chi connectivity index (χ2n) is 6.85. The number of fused-ring (bicyclic) bond motifs is 2. The SMILES string of the molecule is Fc1cc(-c2cccnc2)cc2c(-c3nc4c(-c5ccsc5)nccc4[nH]3)[nH]nc12. The van der Waals surface area contributed by atoms with Crippen molar-refractivity contribution in [2.75, 3.05) is 0 Å². The van der Waals surface area contributed by atoms with Crippen LogP contribution in [0.2, 0.25) is 0 Å². The summed E-state index contributed by atoms with van der Waals surface area (Å²) in [5.41, 5.74) is 5.90. The van der Waals surface area contributed by atoms with Crippen molar-refractivity contribution >= 4 is 33.3 Å². The Labute approximate surface area is 173 Å². The van der Waals surface area contributed by atoms with Crippen molar-refractivity contribution in [2.45, 2.75) is 0 Å². The molecule has 0 unspecified atom stereocenters. The van der Waals surface area contributed by atoms with E-state index in [0.29, 0.717) is 16.9 Å². The van der Waals surface area contributed by atoms with Crippen molar-refractivity contribution in [1.82, 2.24) is 30.1 Å². The van der Waals surface area contributed by atoms with E-state index in [2.05, 4.69) is 25.1 Å². The van der Waals surface area contributed by atoms with E-state index in [-0.39, 0.29) is 5.52 Å². The highest BCUT2D eigenvalue weighted by Gasteiger charge is 2.18. The summed E-state index contributed by atoms with van der Waals surface area (Å²) in [6, 6.07) is 11.0. The molecule has 0 saturated heterocycles. The molecule has 0 radical (unpaired) electrons. The van der Waals surface area contributed by atoms with Gasteiger partial charge in [0.2, 0.25) is 0 Å². The van der Waals surface area contributed by atoms with Crippen molar-refractivity contribution in [2.24, 2.45) is 0 Å². The van der Waals surface area contributed by atoms with Gasteiger partial charge in [-0.25, -0.2) is 9.37 Å². The van der Waals surface area contributed by atoms with Crippen LogP contribution in [-0.2, 0) is 0 Å². The largest absolute Gasteiger partial charge is 0.337 e. The number of thiophene rings is 1. The van der Waals surface area contributed by atoms with Gasteiger partial charge in [-0.05, 0) is 41.3 Å². The Morgan fingerprint density at radius 3 is 2.77 bits per heavy atom. The highest BCUT2D eigenvalue weighted by molar-refractivity contribution is 7.08. The monoisotopic (exact) mass is 412 g/mol. The van der Waals surface area contributed by atoms with Gasteiger partial charge in [0.05, 0.1) is 11.2 Å². The number of pyridine rings is 2. The number of hydrogen-bond donors (Lipinski definition) is 2. The number of nitrogens with one attached hydrogen (secondary N) is 2. The molecule has 8 heteroatoms. The molecule has 0 spiro atoms. The van der Waals surface area contributed by atoms with E-state index in [4.69, 9.17) is 4.98 Å². The molecule has 0 bridgehead atoms. The Morgan fingerprint density at radius 1 is 0.967 bits per heavy atom. The average molecular weight is 412 g/mol. The fourth-order valence-electron chi connectivity index (χ4n) is 3.62. The van der Waals surface area contributed by atoms with E-state index >= 15 is 0 Å². The predicted molar refractivity (Wildman–Crippen MR) is 115 cm³/mol. The fourth-order valence-corrected chi connectivity index (χ4v) is 4.26. The van der Waals surface area contributed by atoms with E-state index in [1.807, 2.05) is 41.1 Å². The van der Waals surface area contributed by atoms with Gasteiger partial charge in [0.15, 0.2) is 11.6 Å². The minimum Gasteiger partial charge on any atom is -0.337 e. The first-order valence-electron chi connectivity index (χ1n) is 9.23. The molecule has 1 aromatic carbocycles. The third-order valence-electron chi connectivity index (χ3n) is 5.04. The fraction of sp³-hybridized carbons (Fsp3) is 0. The number of rotatable bonds is 3. The highest BCUT2D eigenvalue weighted by Crippen LogP contribution is 2.33. The standard InChI is InChI=1S/C22H13FN6S/c23-16-9-14(12-2-1-5-24-10-12)8-15-19(16)28-29-20(15)22-26-17-3-6-25-18(21(17)27-22)13-4-7-30-11-13/h1-11H,(H,26,27)(H,28,29). The normalized spacial score (nSPS) is 11.5. The summed E-state index contributed by atoms with van der Waals surface area (Å²) in [7, 11) is 0. The van der Waals surface area contributed by atoms with Crippen LogP contribution < -0.4 is 0 Å². The maximum Gasteiger partial charge on any atom is 0.157 e. The molecule has 6 rings (SSSR count). The molecular formula is C22H13FN6S. The Bertz CT molecular complexity index is 1500. The van der Waals surface area contributed by atoms with Crippen LogP contribution in [0.5, 0.6) is 0 Å². The molecule has 6 aromatic rings. The molecule has 0 atom stereocenters. The molecule has 2 N–H and O–H groups in total. The van der Waals surface area contributed by atoms with Gasteiger partial charge in [0.1, 0.15) is 16.7 Å². The topological polar surface area (TPSA) is 83.1 Å². The summed E-state index contributed by atoms with van der Waals surface area (Å²) < 4.78 is 14.8. The first-order valence-corrected chi connectivity index (χ1v) is 10.2. The molecule has 0 aliphatic rings. The molecule has 5 heterocycles. The molecule has 0 amide bonds. The Kier molecular flexibility index (Phi) is 3.72. The lowest BCUT2D eigenvalue weighted by Gasteiger charge is -2.02. The minimum absolute atomic E-state index is 0.272. The molecule has 0 aliphatic heterocycles. The van der Waals surface area contributed by atoms with Crippen LogP contribution in [0.25, 0.3) is 55.8 Å². The molecule has 5 aromatic heterocycles. The van der Waals surface area contributed by atoms with Gasteiger partial charge in [0, 0.05) is 40.5 Å². The molecule has 6 nitrogen and oxygen atoms in total. The van der Waals surface area contributed by atoms with Crippen molar-refractivity contribution in [1.29, 1.82) is 0 Å². The number of imidazole rings is 1. The molecule has 30 heavy (non-hydrogen) atoms. The minimum atomic E-state index is -0.398. The van der Waals surface area contributed by atoms with E-state index in [9.17, 15) is 4.39 Å².